The Labute approximate surface area is 231 Å². The van der Waals surface area contributed by atoms with Gasteiger partial charge in [-0.3, -0.25) is 19.2 Å². The number of carbonyl (C=O) groups excluding carboxylic acids is 4. The van der Waals surface area contributed by atoms with Crippen LogP contribution in [0.2, 0.25) is 0 Å². The van der Waals surface area contributed by atoms with Crippen molar-refractivity contribution in [2.45, 2.75) is 101 Å². The van der Waals surface area contributed by atoms with Gasteiger partial charge in [0.15, 0.2) is 0 Å². The number of amides is 4. The molecule has 38 heavy (non-hydrogen) atoms. The highest BCUT2D eigenvalue weighted by Gasteiger charge is 2.37. The topological polar surface area (TPSA) is 108 Å². The Hall–Kier alpha value is -2.55. The minimum Gasteiger partial charge on any atom is -0.352 e. The molecule has 208 valence electrons. The normalized spacial score (nSPS) is 29.3. The van der Waals surface area contributed by atoms with Crippen LogP contribution in [0, 0.1) is 5.92 Å². The number of rotatable bonds is 6. The molecule has 1 saturated carbocycles. The third-order valence-electron chi connectivity index (χ3n) is 8.24. The third kappa shape index (κ3) is 7.74. The van der Waals surface area contributed by atoms with E-state index in [9.17, 15) is 19.2 Å². The van der Waals surface area contributed by atoms with Crippen molar-refractivity contribution in [3.63, 3.8) is 0 Å². The number of unbranched alkanes of at least 4 members (excludes halogenated alkanes) is 2. The van der Waals surface area contributed by atoms with Gasteiger partial charge in [-0.15, -0.1) is 0 Å². The maximum Gasteiger partial charge on any atom is 0.243 e. The van der Waals surface area contributed by atoms with Gasteiger partial charge in [0.1, 0.15) is 12.1 Å². The van der Waals surface area contributed by atoms with Crippen LogP contribution in [0.15, 0.2) is 30.3 Å². The number of hydrogen-bond acceptors (Lipinski definition) is 5. The number of benzene rings is 1. The number of fused-ring (bicyclic) bond motifs is 11. The summed E-state index contributed by atoms with van der Waals surface area (Å²) in [5, 5.41) is 9.29. The van der Waals surface area contributed by atoms with Gasteiger partial charge < -0.3 is 20.9 Å². The van der Waals surface area contributed by atoms with Crippen molar-refractivity contribution in [2.75, 3.05) is 12.3 Å². The molecule has 3 atom stereocenters. The molecule has 5 rings (SSSR count). The maximum atomic E-state index is 13.5. The quantitative estimate of drug-likeness (QED) is 0.327. The van der Waals surface area contributed by atoms with Crippen molar-refractivity contribution in [3.05, 3.63) is 35.9 Å². The largest absolute Gasteiger partial charge is 0.352 e. The van der Waals surface area contributed by atoms with Gasteiger partial charge in [-0.2, -0.15) is 12.6 Å². The summed E-state index contributed by atoms with van der Waals surface area (Å²) in [6.07, 6.45) is 8.48. The summed E-state index contributed by atoms with van der Waals surface area (Å²) in [6.45, 7) is 0.495. The summed E-state index contributed by atoms with van der Waals surface area (Å²) >= 11 is 4.28. The molecule has 3 heterocycles. The summed E-state index contributed by atoms with van der Waals surface area (Å²) in [4.78, 5) is 54.9. The number of thiol groups is 1. The summed E-state index contributed by atoms with van der Waals surface area (Å²) in [5.74, 6) is 0.434. The predicted octanol–water partition coefficient (Wildman–Crippen LogP) is 3.28. The van der Waals surface area contributed by atoms with E-state index in [1.807, 2.05) is 30.3 Å². The Morgan fingerprint density at radius 2 is 1.58 bits per heavy atom. The average molecular weight is 543 g/mol. The van der Waals surface area contributed by atoms with Crippen molar-refractivity contribution in [2.24, 2.45) is 5.92 Å². The first-order valence-electron chi connectivity index (χ1n) is 14.3. The van der Waals surface area contributed by atoms with E-state index in [1.165, 1.54) is 0 Å². The fourth-order valence-electron chi connectivity index (χ4n) is 6.07. The minimum absolute atomic E-state index is 0.0518. The highest BCUT2D eigenvalue weighted by atomic mass is 32.1. The summed E-state index contributed by atoms with van der Waals surface area (Å²) < 4.78 is 0. The molecule has 4 amide bonds. The summed E-state index contributed by atoms with van der Waals surface area (Å²) in [7, 11) is 0. The Morgan fingerprint density at radius 1 is 0.816 bits per heavy atom. The lowest BCUT2D eigenvalue weighted by molar-refractivity contribution is -0.140. The third-order valence-corrected chi connectivity index (χ3v) is 8.56. The first-order valence-corrected chi connectivity index (χ1v) is 14.9. The molecular weight excluding hydrogens is 500 g/mol. The predicted molar refractivity (Wildman–Crippen MR) is 149 cm³/mol. The van der Waals surface area contributed by atoms with Crippen LogP contribution in [0.3, 0.4) is 0 Å². The molecule has 0 aromatic heterocycles. The van der Waals surface area contributed by atoms with E-state index in [2.05, 4.69) is 28.6 Å². The van der Waals surface area contributed by atoms with Gasteiger partial charge in [-0.1, -0.05) is 43.2 Å². The lowest BCUT2D eigenvalue weighted by Gasteiger charge is -2.30. The van der Waals surface area contributed by atoms with E-state index in [0.717, 1.165) is 62.7 Å². The van der Waals surface area contributed by atoms with Gasteiger partial charge >= 0.3 is 0 Å². The van der Waals surface area contributed by atoms with Crippen molar-refractivity contribution in [1.29, 1.82) is 0 Å². The average Bonchev–Trinajstić information content (AvgIpc) is 3.41. The lowest BCUT2D eigenvalue weighted by Crippen LogP contribution is -2.54. The highest BCUT2D eigenvalue weighted by molar-refractivity contribution is 7.80. The molecule has 8 nitrogen and oxygen atoms in total. The molecule has 1 aliphatic carbocycles. The maximum absolute atomic E-state index is 13.5. The molecule has 4 fully saturated rings. The number of nitrogens with one attached hydrogen (secondary N) is 3. The minimum atomic E-state index is -0.617. The molecule has 0 radical (unpaired) electrons. The molecule has 3 N–H and O–H groups in total. The SMILES string of the molecule is O=C1CC2CCC(CC2)NC(=O)[C@H](CCCCCS)NC(=O)[C@@H]2CCCN2C(=O)C[C@@H](c2ccccc2)N1. The van der Waals surface area contributed by atoms with E-state index in [-0.39, 0.29) is 42.0 Å². The van der Waals surface area contributed by atoms with Crippen molar-refractivity contribution < 1.29 is 19.2 Å². The van der Waals surface area contributed by atoms with Crippen LogP contribution >= 0.6 is 12.6 Å². The van der Waals surface area contributed by atoms with Gasteiger partial charge in [0.05, 0.1) is 12.5 Å². The van der Waals surface area contributed by atoms with Crippen LogP contribution in [0.1, 0.15) is 88.7 Å². The summed E-state index contributed by atoms with van der Waals surface area (Å²) in [5.41, 5.74) is 0.882. The van der Waals surface area contributed by atoms with E-state index >= 15 is 0 Å². The fraction of sp³-hybridized carbons (Fsp3) is 0.655. The van der Waals surface area contributed by atoms with Gasteiger partial charge in [0, 0.05) is 19.0 Å². The Bertz CT molecular complexity index is 967. The molecule has 0 unspecified atom stereocenters. The molecular formula is C29H42N4O4S. The molecule has 2 bridgehead atoms. The fourth-order valence-corrected chi connectivity index (χ4v) is 6.29. The second-order valence-electron chi connectivity index (χ2n) is 11.0. The van der Waals surface area contributed by atoms with E-state index in [0.29, 0.717) is 25.8 Å². The van der Waals surface area contributed by atoms with Gasteiger partial charge in [0.2, 0.25) is 23.6 Å². The zero-order valence-electron chi connectivity index (χ0n) is 22.2. The van der Waals surface area contributed by atoms with Crippen LogP contribution in [-0.4, -0.2) is 59.0 Å². The van der Waals surface area contributed by atoms with Crippen LogP contribution in [-0.2, 0) is 19.2 Å². The van der Waals surface area contributed by atoms with Crippen molar-refractivity contribution in [1.82, 2.24) is 20.9 Å². The van der Waals surface area contributed by atoms with E-state index < -0.39 is 18.1 Å². The van der Waals surface area contributed by atoms with Gasteiger partial charge in [-0.05, 0) is 68.6 Å². The second-order valence-corrected chi connectivity index (χ2v) is 11.5. The van der Waals surface area contributed by atoms with Crippen LogP contribution in [0.5, 0.6) is 0 Å². The Kier molecular flexibility index (Phi) is 10.5. The van der Waals surface area contributed by atoms with Crippen LogP contribution < -0.4 is 16.0 Å². The van der Waals surface area contributed by atoms with Crippen molar-refractivity contribution >= 4 is 36.3 Å². The van der Waals surface area contributed by atoms with E-state index in [4.69, 9.17) is 0 Å². The zero-order valence-corrected chi connectivity index (χ0v) is 23.1. The van der Waals surface area contributed by atoms with Crippen LogP contribution in [0.4, 0.5) is 0 Å². The molecule has 1 aromatic carbocycles. The van der Waals surface area contributed by atoms with Gasteiger partial charge in [-0.25, -0.2) is 0 Å². The molecule has 4 aliphatic rings. The molecule has 3 aliphatic heterocycles. The number of carbonyl (C=O) groups is 4. The molecule has 0 spiro atoms. The smallest absolute Gasteiger partial charge is 0.243 e. The summed E-state index contributed by atoms with van der Waals surface area (Å²) in [6, 6.07) is 7.96. The molecule has 1 aromatic rings. The molecule has 3 saturated heterocycles. The Morgan fingerprint density at radius 3 is 2.32 bits per heavy atom. The Balaban J connectivity index is 1.56. The van der Waals surface area contributed by atoms with Crippen LogP contribution in [0.25, 0.3) is 0 Å². The monoisotopic (exact) mass is 542 g/mol. The number of hydrogen-bond donors (Lipinski definition) is 4. The zero-order chi connectivity index (χ0) is 26.9. The van der Waals surface area contributed by atoms with Gasteiger partial charge in [0.25, 0.3) is 0 Å². The standard InChI is InChI=1S/C29H42N4O4S/c34-26-18-20-12-14-22(15-13-20)30-28(36)23(10-5-2-6-17-38)32-29(37)25-11-7-16-33(25)27(35)19-24(31-26)21-8-3-1-4-9-21/h1,3-4,8-9,20,22-25,38H,2,5-7,10-19H2,(H,30,36)(H,31,34)(H,32,37)/t20?,22?,23-,24-,25-/m0/s1. The van der Waals surface area contributed by atoms with Crippen molar-refractivity contribution in [3.8, 4) is 0 Å². The van der Waals surface area contributed by atoms with E-state index in [1.54, 1.807) is 4.90 Å². The lowest BCUT2D eigenvalue weighted by atomic mass is 9.83. The highest BCUT2D eigenvalue weighted by Crippen LogP contribution is 2.29. The molecule has 9 heteroatoms. The second kappa shape index (κ2) is 14.0. The first-order chi connectivity index (χ1) is 18.4. The number of nitrogens with zero attached hydrogens (tertiary/aromatic N) is 1. The first kappa shape index (κ1) is 28.5.